The van der Waals surface area contributed by atoms with Gasteiger partial charge in [0.15, 0.2) is 0 Å². The number of rotatable bonds is 8. The van der Waals surface area contributed by atoms with Gasteiger partial charge in [-0.15, -0.1) is 12.4 Å². The summed E-state index contributed by atoms with van der Waals surface area (Å²) in [6, 6.07) is 4.74. The first kappa shape index (κ1) is 29.1. The quantitative estimate of drug-likeness (QED) is 0.327. The van der Waals surface area contributed by atoms with Gasteiger partial charge in [0.25, 0.3) is 0 Å². The average molecular weight is 609 g/mol. The highest BCUT2D eigenvalue weighted by Gasteiger charge is 2.32. The van der Waals surface area contributed by atoms with Crippen molar-refractivity contribution in [3.8, 4) is 0 Å². The fourth-order valence-corrected chi connectivity index (χ4v) is 6.89. The van der Waals surface area contributed by atoms with E-state index in [2.05, 4.69) is 76.0 Å². The van der Waals surface area contributed by atoms with Gasteiger partial charge in [0, 0.05) is 21.5 Å². The third kappa shape index (κ3) is 8.49. The predicted molar refractivity (Wildman–Crippen MR) is 147 cm³/mol. The molecule has 0 bridgehead atoms. The van der Waals surface area contributed by atoms with E-state index < -0.39 is 0 Å². The summed E-state index contributed by atoms with van der Waals surface area (Å²) >= 11 is 7.29. The zero-order valence-corrected chi connectivity index (χ0v) is 24.5. The van der Waals surface area contributed by atoms with Crippen molar-refractivity contribution in [1.29, 1.82) is 0 Å². The molecule has 1 amide bonds. The third-order valence-corrected chi connectivity index (χ3v) is 8.49. The van der Waals surface area contributed by atoms with Crippen LogP contribution >= 0.6 is 44.3 Å². The van der Waals surface area contributed by atoms with Gasteiger partial charge in [0.05, 0.1) is 11.8 Å². The van der Waals surface area contributed by atoms with Crippen LogP contribution in [0.2, 0.25) is 0 Å². The molecule has 0 saturated heterocycles. The van der Waals surface area contributed by atoms with Crippen LogP contribution in [0.1, 0.15) is 77.7 Å². The van der Waals surface area contributed by atoms with Crippen LogP contribution in [-0.4, -0.2) is 36.6 Å². The summed E-state index contributed by atoms with van der Waals surface area (Å²) in [7, 11) is 2.20. The smallest absolute Gasteiger partial charge is 0.250 e. The second kappa shape index (κ2) is 13.8. The SMILES string of the molecule is CC1CCC(C(C)C)C(OCC(=O)Nc2c(Br)cc(Br)cc2CN(C)C2CCCCC2)C1.Cl. The number of carbonyl (C=O) groups is 1. The molecule has 7 heteroatoms. The highest BCUT2D eigenvalue weighted by atomic mass is 79.9. The Morgan fingerprint density at radius 2 is 1.85 bits per heavy atom. The molecule has 0 spiro atoms. The zero-order chi connectivity index (χ0) is 23.3. The zero-order valence-electron chi connectivity index (χ0n) is 20.5. The van der Waals surface area contributed by atoms with E-state index in [0.717, 1.165) is 33.2 Å². The number of amides is 1. The Bertz CT molecular complexity index is 771. The lowest BCUT2D eigenvalue weighted by molar-refractivity contribution is -0.126. The van der Waals surface area contributed by atoms with Crippen molar-refractivity contribution >= 4 is 55.9 Å². The summed E-state index contributed by atoms with van der Waals surface area (Å²) in [4.78, 5) is 15.3. The third-order valence-electron chi connectivity index (χ3n) is 7.41. The molecule has 1 aromatic rings. The van der Waals surface area contributed by atoms with Crippen molar-refractivity contribution in [3.05, 3.63) is 26.6 Å². The van der Waals surface area contributed by atoms with Crippen LogP contribution in [0.3, 0.4) is 0 Å². The molecule has 2 fully saturated rings. The van der Waals surface area contributed by atoms with Gasteiger partial charge in [0.2, 0.25) is 5.91 Å². The van der Waals surface area contributed by atoms with E-state index in [1.165, 1.54) is 44.9 Å². The van der Waals surface area contributed by atoms with Crippen molar-refractivity contribution in [2.75, 3.05) is 19.0 Å². The average Bonchev–Trinajstić information content (AvgIpc) is 2.75. The summed E-state index contributed by atoms with van der Waals surface area (Å²) in [5.41, 5.74) is 1.99. The first-order valence-electron chi connectivity index (χ1n) is 12.3. The van der Waals surface area contributed by atoms with Crippen LogP contribution in [0.4, 0.5) is 5.69 Å². The molecule has 2 aliphatic carbocycles. The summed E-state index contributed by atoms with van der Waals surface area (Å²) in [5, 5.41) is 3.15. The number of halogens is 3. The molecular weight excluding hydrogens is 568 g/mol. The molecule has 188 valence electrons. The Kier molecular flexibility index (Phi) is 12.2. The van der Waals surface area contributed by atoms with Crippen molar-refractivity contribution < 1.29 is 9.53 Å². The topological polar surface area (TPSA) is 41.6 Å². The van der Waals surface area contributed by atoms with E-state index in [-0.39, 0.29) is 31.0 Å². The van der Waals surface area contributed by atoms with Crippen LogP contribution in [0.5, 0.6) is 0 Å². The van der Waals surface area contributed by atoms with Crippen LogP contribution < -0.4 is 5.32 Å². The lowest BCUT2D eigenvalue weighted by Gasteiger charge is -2.37. The minimum atomic E-state index is -0.0738. The fraction of sp³-hybridized carbons (Fsp3) is 0.731. The monoisotopic (exact) mass is 606 g/mol. The second-order valence-corrected chi connectivity index (χ2v) is 12.1. The first-order chi connectivity index (χ1) is 15.2. The maximum absolute atomic E-state index is 12.9. The van der Waals surface area contributed by atoms with E-state index in [4.69, 9.17) is 4.74 Å². The highest BCUT2D eigenvalue weighted by Crippen LogP contribution is 2.36. The van der Waals surface area contributed by atoms with Gasteiger partial charge < -0.3 is 10.1 Å². The molecular formula is C26H41Br2ClN2O2. The summed E-state index contributed by atoms with van der Waals surface area (Å²) in [6.07, 6.45) is 10.2. The molecule has 1 N–H and O–H groups in total. The number of nitrogens with one attached hydrogen (secondary N) is 1. The predicted octanol–water partition coefficient (Wildman–Crippen LogP) is 7.81. The molecule has 3 rings (SSSR count). The minimum absolute atomic E-state index is 0. The Morgan fingerprint density at radius 3 is 2.52 bits per heavy atom. The summed E-state index contributed by atoms with van der Waals surface area (Å²) in [6.45, 7) is 7.76. The highest BCUT2D eigenvalue weighted by molar-refractivity contribution is 9.11. The lowest BCUT2D eigenvalue weighted by atomic mass is 9.75. The molecule has 3 atom stereocenters. The second-order valence-electron chi connectivity index (χ2n) is 10.4. The van der Waals surface area contributed by atoms with Crippen molar-refractivity contribution in [1.82, 2.24) is 4.90 Å². The largest absolute Gasteiger partial charge is 0.368 e. The number of anilines is 1. The van der Waals surface area contributed by atoms with Crippen LogP contribution in [0, 0.1) is 17.8 Å². The maximum atomic E-state index is 12.9. The van der Waals surface area contributed by atoms with Crippen molar-refractivity contribution in [3.63, 3.8) is 0 Å². The number of carbonyl (C=O) groups excluding carboxylic acids is 1. The minimum Gasteiger partial charge on any atom is -0.368 e. The van der Waals surface area contributed by atoms with Gasteiger partial charge in [-0.25, -0.2) is 0 Å². The standard InChI is InChI=1S/C26H40Br2N2O2.ClH/c1-17(2)22-11-10-18(3)12-24(22)32-16-25(31)29-26-19(13-20(27)14-23(26)28)15-30(4)21-8-6-5-7-9-21;/h13-14,17-18,21-22,24H,5-12,15-16H2,1-4H3,(H,29,31);1H. The van der Waals surface area contributed by atoms with E-state index in [1.807, 2.05) is 6.07 Å². The van der Waals surface area contributed by atoms with E-state index in [0.29, 0.717) is 23.8 Å². The van der Waals surface area contributed by atoms with E-state index in [1.54, 1.807) is 0 Å². The molecule has 2 saturated carbocycles. The van der Waals surface area contributed by atoms with Crippen molar-refractivity contribution in [2.45, 2.75) is 90.8 Å². The number of hydrogen-bond donors (Lipinski definition) is 1. The Balaban J connectivity index is 0.00000385. The van der Waals surface area contributed by atoms with E-state index in [9.17, 15) is 4.79 Å². The molecule has 0 heterocycles. The Labute approximate surface area is 223 Å². The fourth-order valence-electron chi connectivity index (χ4n) is 5.48. The summed E-state index contributed by atoms with van der Waals surface area (Å²) < 4.78 is 8.11. The molecule has 0 aliphatic heterocycles. The van der Waals surface area contributed by atoms with Crippen LogP contribution in [0.15, 0.2) is 21.1 Å². The van der Waals surface area contributed by atoms with Gasteiger partial charge in [-0.05, 0) is 84.1 Å². The first-order valence-corrected chi connectivity index (χ1v) is 13.9. The van der Waals surface area contributed by atoms with E-state index >= 15 is 0 Å². The normalized spacial score (nSPS) is 24.1. The number of ether oxygens (including phenoxy) is 1. The van der Waals surface area contributed by atoms with Gasteiger partial charge in [-0.1, -0.05) is 62.4 Å². The van der Waals surface area contributed by atoms with Crippen LogP contribution in [-0.2, 0) is 16.1 Å². The molecule has 2 aliphatic rings. The molecule has 0 aromatic heterocycles. The van der Waals surface area contributed by atoms with Gasteiger partial charge in [-0.2, -0.15) is 0 Å². The van der Waals surface area contributed by atoms with Gasteiger partial charge in [-0.3, -0.25) is 9.69 Å². The molecule has 33 heavy (non-hydrogen) atoms. The maximum Gasteiger partial charge on any atom is 0.250 e. The number of nitrogens with zero attached hydrogens (tertiary/aromatic N) is 1. The molecule has 0 radical (unpaired) electrons. The Hall–Kier alpha value is -0.140. The van der Waals surface area contributed by atoms with Gasteiger partial charge >= 0.3 is 0 Å². The van der Waals surface area contributed by atoms with Crippen molar-refractivity contribution in [2.24, 2.45) is 17.8 Å². The lowest BCUT2D eigenvalue weighted by Crippen LogP contribution is -2.36. The molecule has 1 aromatic carbocycles. The van der Waals surface area contributed by atoms with Gasteiger partial charge in [0.1, 0.15) is 6.61 Å². The Morgan fingerprint density at radius 1 is 1.15 bits per heavy atom. The number of benzene rings is 1. The number of hydrogen-bond acceptors (Lipinski definition) is 3. The molecule has 3 unspecified atom stereocenters. The van der Waals surface area contributed by atoms with Crippen LogP contribution in [0.25, 0.3) is 0 Å². The molecule has 4 nitrogen and oxygen atoms in total. The summed E-state index contributed by atoms with van der Waals surface area (Å²) in [5.74, 6) is 1.71.